The molecule has 164 valence electrons. The van der Waals surface area contributed by atoms with Gasteiger partial charge in [-0.05, 0) is 49.1 Å². The molecule has 0 spiro atoms. The van der Waals surface area contributed by atoms with Gasteiger partial charge >= 0.3 is 0 Å². The third-order valence-electron chi connectivity index (χ3n) is 5.02. The average Bonchev–Trinajstić information content (AvgIpc) is 3.19. The van der Waals surface area contributed by atoms with Gasteiger partial charge in [0.05, 0.1) is 0 Å². The molecule has 1 heterocycles. The first kappa shape index (κ1) is 22.2. The van der Waals surface area contributed by atoms with Crippen LogP contribution >= 0.6 is 0 Å². The number of aromatic nitrogens is 1. The molecule has 0 saturated heterocycles. The molecule has 0 bridgehead atoms. The number of rotatable bonds is 9. The number of nitrogens with one attached hydrogen (secondary N) is 4. The standard InChI is InChI=1S/C24H31N5O2/c1-4-26-22(30)16-31-20-9-6-8-18(13-20)14-29-24(25-3)27-12-11-19-15-28-23-17(2)7-5-10-21(19)23/h5-10,13,15,28H,4,11-12,14,16H2,1-3H3,(H,26,30)(H2,25,27,29). The van der Waals surface area contributed by atoms with E-state index < -0.39 is 0 Å². The highest BCUT2D eigenvalue weighted by Gasteiger charge is 2.06. The number of aliphatic imine (C=N–C) groups is 1. The fraction of sp³-hybridized carbons (Fsp3) is 0.333. The zero-order valence-electron chi connectivity index (χ0n) is 18.4. The molecule has 3 rings (SSSR count). The Bertz CT molecular complexity index is 1040. The molecule has 0 aliphatic heterocycles. The Hall–Kier alpha value is -3.48. The fourth-order valence-electron chi connectivity index (χ4n) is 3.44. The lowest BCUT2D eigenvalue weighted by Gasteiger charge is -2.13. The van der Waals surface area contributed by atoms with Crippen molar-refractivity contribution in [3.05, 3.63) is 65.4 Å². The summed E-state index contributed by atoms with van der Waals surface area (Å²) in [5.41, 5.74) is 4.79. The molecule has 31 heavy (non-hydrogen) atoms. The number of aryl methyl sites for hydroxylation is 1. The molecule has 0 unspecified atom stereocenters. The lowest BCUT2D eigenvalue weighted by atomic mass is 10.1. The molecule has 0 atom stereocenters. The van der Waals surface area contributed by atoms with Crippen LogP contribution in [0.4, 0.5) is 0 Å². The molecule has 0 radical (unpaired) electrons. The highest BCUT2D eigenvalue weighted by atomic mass is 16.5. The minimum absolute atomic E-state index is 0.0152. The number of ether oxygens (including phenoxy) is 1. The van der Waals surface area contributed by atoms with Crippen LogP contribution in [0.1, 0.15) is 23.6 Å². The van der Waals surface area contributed by atoms with Gasteiger partial charge in [-0.15, -0.1) is 0 Å². The van der Waals surface area contributed by atoms with Crippen molar-refractivity contribution in [1.29, 1.82) is 0 Å². The van der Waals surface area contributed by atoms with Gasteiger partial charge in [0, 0.05) is 43.8 Å². The van der Waals surface area contributed by atoms with Crippen LogP contribution in [-0.4, -0.2) is 43.6 Å². The van der Waals surface area contributed by atoms with Crippen molar-refractivity contribution in [3.63, 3.8) is 0 Å². The molecule has 0 aliphatic rings. The van der Waals surface area contributed by atoms with Gasteiger partial charge in [-0.2, -0.15) is 0 Å². The second-order valence-electron chi connectivity index (χ2n) is 7.30. The van der Waals surface area contributed by atoms with E-state index in [0.29, 0.717) is 18.8 Å². The number of H-pyrrole nitrogens is 1. The smallest absolute Gasteiger partial charge is 0.257 e. The number of hydrogen-bond donors (Lipinski definition) is 4. The maximum absolute atomic E-state index is 11.6. The zero-order chi connectivity index (χ0) is 22.1. The lowest BCUT2D eigenvalue weighted by Crippen LogP contribution is -2.37. The van der Waals surface area contributed by atoms with Crippen LogP contribution in [0.15, 0.2) is 53.7 Å². The van der Waals surface area contributed by atoms with E-state index in [2.05, 4.69) is 57.2 Å². The fourth-order valence-corrected chi connectivity index (χ4v) is 3.44. The minimum Gasteiger partial charge on any atom is -0.484 e. The van der Waals surface area contributed by atoms with Crippen molar-refractivity contribution in [3.8, 4) is 5.75 Å². The van der Waals surface area contributed by atoms with Crippen molar-refractivity contribution < 1.29 is 9.53 Å². The Morgan fingerprint density at radius 1 is 1.13 bits per heavy atom. The van der Waals surface area contributed by atoms with Crippen LogP contribution < -0.4 is 20.7 Å². The van der Waals surface area contributed by atoms with E-state index in [1.54, 1.807) is 7.05 Å². The summed E-state index contributed by atoms with van der Waals surface area (Å²) >= 11 is 0. The van der Waals surface area contributed by atoms with Crippen LogP contribution in [0.3, 0.4) is 0 Å². The maximum atomic E-state index is 11.6. The number of para-hydroxylation sites is 1. The van der Waals surface area contributed by atoms with Crippen LogP contribution in [-0.2, 0) is 17.8 Å². The molecule has 0 fully saturated rings. The second kappa shape index (κ2) is 11.1. The SMILES string of the molecule is CCNC(=O)COc1cccc(CNC(=NC)NCCc2c[nH]c3c(C)cccc23)c1. The number of nitrogens with zero attached hydrogens (tertiary/aromatic N) is 1. The van der Waals surface area contributed by atoms with E-state index in [1.807, 2.05) is 31.2 Å². The first-order valence-corrected chi connectivity index (χ1v) is 10.6. The van der Waals surface area contributed by atoms with Gasteiger partial charge in [0.1, 0.15) is 5.75 Å². The second-order valence-corrected chi connectivity index (χ2v) is 7.30. The molecule has 1 amide bonds. The van der Waals surface area contributed by atoms with Crippen molar-refractivity contribution in [1.82, 2.24) is 20.9 Å². The Kier molecular flexibility index (Phi) is 7.92. The largest absolute Gasteiger partial charge is 0.484 e. The van der Waals surface area contributed by atoms with Crippen molar-refractivity contribution in [2.45, 2.75) is 26.8 Å². The predicted molar refractivity (Wildman–Crippen MR) is 126 cm³/mol. The number of carbonyl (C=O) groups is 1. The van der Waals surface area contributed by atoms with Gasteiger partial charge in [0.15, 0.2) is 12.6 Å². The topological polar surface area (TPSA) is 90.5 Å². The third-order valence-corrected chi connectivity index (χ3v) is 5.02. The van der Waals surface area contributed by atoms with Crippen LogP contribution in [0.2, 0.25) is 0 Å². The summed E-state index contributed by atoms with van der Waals surface area (Å²) in [4.78, 5) is 19.2. The summed E-state index contributed by atoms with van der Waals surface area (Å²) in [5.74, 6) is 1.29. The number of amides is 1. The maximum Gasteiger partial charge on any atom is 0.257 e. The van der Waals surface area contributed by atoms with Gasteiger partial charge in [0.2, 0.25) is 0 Å². The van der Waals surface area contributed by atoms with Crippen molar-refractivity contribution in [2.24, 2.45) is 4.99 Å². The van der Waals surface area contributed by atoms with E-state index in [4.69, 9.17) is 4.74 Å². The van der Waals surface area contributed by atoms with Gasteiger partial charge < -0.3 is 25.7 Å². The molecule has 0 saturated carbocycles. The Labute approximate surface area is 183 Å². The Morgan fingerprint density at radius 3 is 2.77 bits per heavy atom. The zero-order valence-corrected chi connectivity index (χ0v) is 18.4. The van der Waals surface area contributed by atoms with E-state index >= 15 is 0 Å². The van der Waals surface area contributed by atoms with Gasteiger partial charge in [-0.3, -0.25) is 9.79 Å². The molecular weight excluding hydrogens is 390 g/mol. The summed E-state index contributed by atoms with van der Waals surface area (Å²) in [6.45, 7) is 5.99. The lowest BCUT2D eigenvalue weighted by molar-refractivity contribution is -0.122. The van der Waals surface area contributed by atoms with Crippen LogP contribution in [0.25, 0.3) is 10.9 Å². The van der Waals surface area contributed by atoms with Crippen molar-refractivity contribution >= 4 is 22.8 Å². The quantitative estimate of drug-likeness (QED) is 0.316. The summed E-state index contributed by atoms with van der Waals surface area (Å²) in [6, 6.07) is 14.1. The Morgan fingerprint density at radius 2 is 1.97 bits per heavy atom. The minimum atomic E-state index is -0.124. The number of hydrogen-bond acceptors (Lipinski definition) is 3. The predicted octanol–water partition coefficient (Wildman–Crippen LogP) is 2.90. The van der Waals surface area contributed by atoms with Gasteiger partial charge in [-0.1, -0.05) is 30.3 Å². The first-order valence-electron chi connectivity index (χ1n) is 10.6. The molecule has 0 aliphatic carbocycles. The molecule has 3 aromatic rings. The molecule has 7 nitrogen and oxygen atoms in total. The Balaban J connectivity index is 1.47. The van der Waals surface area contributed by atoms with Crippen molar-refractivity contribution in [2.75, 3.05) is 26.7 Å². The van der Waals surface area contributed by atoms with Gasteiger partial charge in [-0.25, -0.2) is 0 Å². The summed E-state index contributed by atoms with van der Waals surface area (Å²) < 4.78 is 5.56. The molecule has 4 N–H and O–H groups in total. The first-order chi connectivity index (χ1) is 15.1. The normalized spacial score (nSPS) is 11.4. The van der Waals surface area contributed by atoms with E-state index in [-0.39, 0.29) is 12.5 Å². The third kappa shape index (κ3) is 6.25. The highest BCUT2D eigenvalue weighted by Crippen LogP contribution is 2.21. The molecule has 2 aromatic carbocycles. The molecule has 7 heteroatoms. The number of likely N-dealkylation sites (N-methyl/N-ethyl adjacent to an activating group) is 1. The van der Waals surface area contributed by atoms with Crippen LogP contribution in [0.5, 0.6) is 5.75 Å². The number of benzene rings is 2. The summed E-state index contributed by atoms with van der Waals surface area (Å²) in [7, 11) is 1.76. The average molecular weight is 422 g/mol. The number of guanidine groups is 1. The molecule has 1 aromatic heterocycles. The van der Waals surface area contributed by atoms with Gasteiger partial charge in [0.25, 0.3) is 5.91 Å². The van der Waals surface area contributed by atoms with E-state index in [9.17, 15) is 4.79 Å². The van der Waals surface area contributed by atoms with Crippen LogP contribution in [0, 0.1) is 6.92 Å². The van der Waals surface area contributed by atoms with E-state index in [0.717, 1.165) is 24.5 Å². The monoisotopic (exact) mass is 421 g/mol. The van der Waals surface area contributed by atoms with E-state index in [1.165, 1.54) is 22.0 Å². The molecular formula is C24H31N5O2. The number of aromatic amines is 1. The highest BCUT2D eigenvalue weighted by molar-refractivity contribution is 5.86. The summed E-state index contributed by atoms with van der Waals surface area (Å²) in [6.07, 6.45) is 2.98. The summed E-state index contributed by atoms with van der Waals surface area (Å²) in [5, 5.41) is 10.7. The number of carbonyl (C=O) groups excluding carboxylic acids is 1. The number of fused-ring (bicyclic) bond motifs is 1.